The second-order valence-corrected chi connectivity index (χ2v) is 10.5. The number of amides is 1. The van der Waals surface area contributed by atoms with E-state index in [1.807, 2.05) is 24.3 Å². The number of carbonyl (C=O) groups excluding carboxylic acids is 2. The van der Waals surface area contributed by atoms with E-state index >= 15 is 0 Å². The topological polar surface area (TPSA) is 133 Å². The summed E-state index contributed by atoms with van der Waals surface area (Å²) in [7, 11) is -4.02. The van der Waals surface area contributed by atoms with Crippen LogP contribution in [0.1, 0.15) is 24.0 Å². The molecule has 0 bridgehead atoms. The standard InChI is InChI=1S/C26H28N4O4S/c27-25(28)22-7-3-4-19(14-22)15-24(26(32)30-12-10-18(17-31)11-13-30)29-35(33,34)23-9-8-20-5-1-2-6-21(20)16-23/h1-9,14,16-18,24,29H,10-13,15H2,(H3,27,28). The van der Waals surface area contributed by atoms with Crippen LogP contribution in [0.5, 0.6) is 0 Å². The smallest absolute Gasteiger partial charge is 0.241 e. The van der Waals surface area contributed by atoms with Crippen LogP contribution in [0.15, 0.2) is 71.6 Å². The monoisotopic (exact) mass is 492 g/mol. The molecule has 3 aromatic carbocycles. The van der Waals surface area contributed by atoms with Gasteiger partial charge < -0.3 is 15.4 Å². The van der Waals surface area contributed by atoms with Crippen molar-refractivity contribution >= 4 is 38.8 Å². The Labute approximate surface area is 204 Å². The molecule has 0 spiro atoms. The number of rotatable bonds is 8. The van der Waals surface area contributed by atoms with Crippen LogP contribution in [0, 0.1) is 11.3 Å². The Kier molecular flexibility index (Phi) is 7.28. The van der Waals surface area contributed by atoms with E-state index in [4.69, 9.17) is 11.1 Å². The van der Waals surface area contributed by atoms with E-state index < -0.39 is 16.1 Å². The van der Waals surface area contributed by atoms with Crippen LogP contribution >= 0.6 is 0 Å². The minimum atomic E-state index is -4.02. The fourth-order valence-electron chi connectivity index (χ4n) is 4.35. The Morgan fingerprint density at radius 1 is 1.06 bits per heavy atom. The van der Waals surface area contributed by atoms with Crippen molar-refractivity contribution < 1.29 is 18.0 Å². The number of benzene rings is 3. The van der Waals surface area contributed by atoms with Crippen molar-refractivity contribution in [1.82, 2.24) is 9.62 Å². The maximum atomic E-state index is 13.5. The fraction of sp³-hybridized carbons (Fsp3) is 0.269. The number of hydrogen-bond acceptors (Lipinski definition) is 5. The maximum Gasteiger partial charge on any atom is 0.241 e. The number of sulfonamides is 1. The number of nitrogens with two attached hydrogens (primary N) is 1. The van der Waals surface area contributed by atoms with Gasteiger partial charge in [0.1, 0.15) is 18.2 Å². The van der Waals surface area contributed by atoms with E-state index in [0.29, 0.717) is 37.1 Å². The molecular weight excluding hydrogens is 464 g/mol. The summed E-state index contributed by atoms with van der Waals surface area (Å²) in [4.78, 5) is 26.3. The van der Waals surface area contributed by atoms with Crippen LogP contribution in [0.3, 0.4) is 0 Å². The number of nitrogen functional groups attached to an aromatic ring is 1. The molecule has 0 radical (unpaired) electrons. The fourth-order valence-corrected chi connectivity index (χ4v) is 5.57. The Bertz CT molecular complexity index is 1360. The van der Waals surface area contributed by atoms with Crippen molar-refractivity contribution in [2.75, 3.05) is 13.1 Å². The number of amidine groups is 1. The molecule has 1 aliphatic rings. The molecule has 1 aliphatic heterocycles. The molecule has 0 aromatic heterocycles. The highest BCUT2D eigenvalue weighted by Gasteiger charge is 2.32. The zero-order valence-corrected chi connectivity index (χ0v) is 20.0. The molecule has 0 saturated carbocycles. The van der Waals surface area contributed by atoms with Crippen LogP contribution < -0.4 is 10.5 Å². The number of nitrogens with one attached hydrogen (secondary N) is 2. The van der Waals surface area contributed by atoms with Crippen LogP contribution in [-0.4, -0.2) is 50.5 Å². The molecule has 1 amide bonds. The summed E-state index contributed by atoms with van der Waals surface area (Å²) < 4.78 is 29.3. The summed E-state index contributed by atoms with van der Waals surface area (Å²) in [6.07, 6.45) is 2.12. The Morgan fingerprint density at radius 2 is 1.77 bits per heavy atom. The van der Waals surface area contributed by atoms with Crippen LogP contribution in [0.4, 0.5) is 0 Å². The summed E-state index contributed by atoms with van der Waals surface area (Å²) in [6.45, 7) is 0.786. The highest BCUT2D eigenvalue weighted by atomic mass is 32.2. The predicted octanol–water partition coefficient (Wildman–Crippen LogP) is 2.45. The third-order valence-corrected chi connectivity index (χ3v) is 7.82. The SMILES string of the molecule is N=C(N)c1cccc(CC(NS(=O)(=O)c2ccc3ccccc3c2)C(=O)N2CCC(C=O)CC2)c1. The van der Waals surface area contributed by atoms with E-state index in [0.717, 1.165) is 17.1 Å². The first-order valence-electron chi connectivity index (χ1n) is 11.5. The van der Waals surface area contributed by atoms with Gasteiger partial charge in [-0.3, -0.25) is 10.2 Å². The molecule has 182 valence electrons. The summed E-state index contributed by atoms with van der Waals surface area (Å²) in [5, 5.41) is 9.38. The lowest BCUT2D eigenvalue weighted by Crippen LogP contribution is -2.51. The van der Waals surface area contributed by atoms with E-state index in [1.165, 1.54) is 6.07 Å². The predicted molar refractivity (Wildman–Crippen MR) is 135 cm³/mol. The van der Waals surface area contributed by atoms with E-state index in [-0.39, 0.29) is 29.0 Å². The summed E-state index contributed by atoms with van der Waals surface area (Å²) in [6, 6.07) is 18.1. The van der Waals surface area contributed by atoms with Crippen molar-refractivity contribution in [2.24, 2.45) is 11.7 Å². The van der Waals surface area contributed by atoms with Crippen molar-refractivity contribution in [3.05, 3.63) is 77.9 Å². The summed E-state index contributed by atoms with van der Waals surface area (Å²) >= 11 is 0. The molecule has 35 heavy (non-hydrogen) atoms. The van der Waals surface area contributed by atoms with Crippen molar-refractivity contribution in [1.29, 1.82) is 5.41 Å². The molecule has 8 nitrogen and oxygen atoms in total. The zero-order valence-electron chi connectivity index (χ0n) is 19.2. The number of likely N-dealkylation sites (tertiary alicyclic amines) is 1. The first-order valence-corrected chi connectivity index (χ1v) is 12.9. The largest absolute Gasteiger partial charge is 0.384 e. The van der Waals surface area contributed by atoms with Gasteiger partial charge in [0.05, 0.1) is 4.90 Å². The average molecular weight is 493 g/mol. The van der Waals surface area contributed by atoms with Crippen molar-refractivity contribution in [3.63, 3.8) is 0 Å². The van der Waals surface area contributed by atoms with Crippen molar-refractivity contribution in [3.8, 4) is 0 Å². The summed E-state index contributed by atoms with van der Waals surface area (Å²) in [5.74, 6) is -0.534. The third kappa shape index (κ3) is 5.75. The van der Waals surface area contributed by atoms with E-state index in [9.17, 15) is 18.0 Å². The third-order valence-electron chi connectivity index (χ3n) is 6.35. The van der Waals surface area contributed by atoms with Gasteiger partial charge in [0.2, 0.25) is 15.9 Å². The first kappa shape index (κ1) is 24.6. The molecular formula is C26H28N4O4S. The van der Waals surface area contributed by atoms with Gasteiger partial charge in [-0.05, 0) is 53.8 Å². The van der Waals surface area contributed by atoms with Crippen molar-refractivity contribution in [2.45, 2.75) is 30.2 Å². The number of piperidine rings is 1. The lowest BCUT2D eigenvalue weighted by Gasteiger charge is -2.32. The zero-order chi connectivity index (χ0) is 25.0. The van der Waals surface area contributed by atoms with Gasteiger partial charge in [-0.15, -0.1) is 0 Å². The molecule has 0 aliphatic carbocycles. The number of hydrogen-bond donors (Lipinski definition) is 3. The average Bonchev–Trinajstić information content (AvgIpc) is 2.87. The van der Waals surface area contributed by atoms with E-state index in [1.54, 1.807) is 41.3 Å². The second-order valence-electron chi connectivity index (χ2n) is 8.80. The van der Waals surface area contributed by atoms with Gasteiger partial charge in [0.25, 0.3) is 0 Å². The van der Waals surface area contributed by atoms with Gasteiger partial charge in [0.15, 0.2) is 0 Å². The lowest BCUT2D eigenvalue weighted by molar-refractivity contribution is -0.135. The van der Waals surface area contributed by atoms with Gasteiger partial charge in [-0.1, -0.05) is 48.5 Å². The maximum absolute atomic E-state index is 13.5. The second kappa shape index (κ2) is 10.4. The molecule has 4 N–H and O–H groups in total. The molecule has 1 fully saturated rings. The van der Waals surface area contributed by atoms with Crippen LogP contribution in [0.25, 0.3) is 10.8 Å². The Balaban J connectivity index is 1.63. The minimum absolute atomic E-state index is 0.0751. The molecule has 1 heterocycles. The normalized spacial score (nSPS) is 15.6. The molecule has 3 aromatic rings. The number of carbonyl (C=O) groups is 2. The molecule has 4 rings (SSSR count). The van der Waals surface area contributed by atoms with Gasteiger partial charge >= 0.3 is 0 Å². The number of aldehydes is 1. The lowest BCUT2D eigenvalue weighted by atomic mass is 9.97. The number of nitrogens with zero attached hydrogens (tertiary/aromatic N) is 1. The van der Waals surface area contributed by atoms with Gasteiger partial charge in [-0.25, -0.2) is 8.42 Å². The van der Waals surface area contributed by atoms with Crippen LogP contribution in [0.2, 0.25) is 0 Å². The molecule has 9 heteroatoms. The first-order chi connectivity index (χ1) is 16.8. The van der Waals surface area contributed by atoms with Gasteiger partial charge in [-0.2, -0.15) is 4.72 Å². The Morgan fingerprint density at radius 3 is 2.46 bits per heavy atom. The van der Waals surface area contributed by atoms with E-state index in [2.05, 4.69) is 4.72 Å². The molecule has 1 unspecified atom stereocenters. The number of fused-ring (bicyclic) bond motifs is 1. The quantitative estimate of drug-likeness (QED) is 0.252. The minimum Gasteiger partial charge on any atom is -0.384 e. The van der Waals surface area contributed by atoms with Gasteiger partial charge in [0, 0.05) is 24.6 Å². The molecule has 1 atom stereocenters. The molecule has 1 saturated heterocycles. The van der Waals surface area contributed by atoms with Crippen LogP contribution in [-0.2, 0) is 26.0 Å². The highest BCUT2D eigenvalue weighted by Crippen LogP contribution is 2.21. The Hall–Kier alpha value is -3.56. The highest BCUT2D eigenvalue weighted by molar-refractivity contribution is 7.89. The summed E-state index contributed by atoms with van der Waals surface area (Å²) in [5.41, 5.74) is 6.79.